The summed E-state index contributed by atoms with van der Waals surface area (Å²) in [7, 11) is 0. The van der Waals surface area contributed by atoms with Gasteiger partial charge in [0.05, 0.1) is 29.0 Å². The minimum atomic E-state index is -0.0863. The molecule has 2 N–H and O–H groups in total. The number of hydrogen-bond acceptors (Lipinski definition) is 6. The highest BCUT2D eigenvalue weighted by Crippen LogP contribution is 2.37. The molecule has 1 aliphatic rings. The van der Waals surface area contributed by atoms with E-state index in [0.717, 1.165) is 40.9 Å². The zero-order valence-corrected chi connectivity index (χ0v) is 18.5. The molecule has 1 amide bonds. The number of nitrogens with one attached hydrogen (secondary N) is 2. The molecule has 0 saturated carbocycles. The van der Waals surface area contributed by atoms with E-state index in [9.17, 15) is 4.79 Å². The van der Waals surface area contributed by atoms with Crippen LogP contribution in [0.2, 0.25) is 0 Å². The Hall–Kier alpha value is -2.51. The molecule has 2 heterocycles. The minimum Gasteiger partial charge on any atom is -0.377 e. The fourth-order valence-corrected chi connectivity index (χ4v) is 5.07. The van der Waals surface area contributed by atoms with E-state index in [1.54, 1.807) is 6.33 Å². The van der Waals surface area contributed by atoms with Gasteiger partial charge in [-0.2, -0.15) is 0 Å². The number of thiophene rings is 1. The van der Waals surface area contributed by atoms with Crippen molar-refractivity contribution >= 4 is 33.3 Å². The van der Waals surface area contributed by atoms with Gasteiger partial charge in [0.1, 0.15) is 17.0 Å². The number of benzene rings is 1. The summed E-state index contributed by atoms with van der Waals surface area (Å²) in [5.41, 5.74) is 3.66. The Bertz CT molecular complexity index is 1050. The molecule has 0 aliphatic heterocycles. The SMILES string of the molecule is Cc1c(C(=O)NCCOC(C)C)sc2ncnc(N[C@@H]3CCCc4ccccc43)c12. The van der Waals surface area contributed by atoms with Gasteiger partial charge >= 0.3 is 0 Å². The van der Waals surface area contributed by atoms with Crippen molar-refractivity contribution < 1.29 is 9.53 Å². The van der Waals surface area contributed by atoms with Gasteiger partial charge in [-0.1, -0.05) is 24.3 Å². The quantitative estimate of drug-likeness (QED) is 0.540. The molecule has 0 fully saturated rings. The lowest BCUT2D eigenvalue weighted by Crippen LogP contribution is -2.27. The van der Waals surface area contributed by atoms with Crippen LogP contribution in [-0.4, -0.2) is 35.1 Å². The van der Waals surface area contributed by atoms with Crippen LogP contribution in [0.5, 0.6) is 0 Å². The van der Waals surface area contributed by atoms with Crippen LogP contribution in [0.3, 0.4) is 0 Å². The first kappa shape index (κ1) is 20.8. The number of aromatic nitrogens is 2. The van der Waals surface area contributed by atoms with E-state index in [-0.39, 0.29) is 18.1 Å². The van der Waals surface area contributed by atoms with Crippen LogP contribution in [0.15, 0.2) is 30.6 Å². The smallest absolute Gasteiger partial charge is 0.261 e. The van der Waals surface area contributed by atoms with Crippen LogP contribution < -0.4 is 10.6 Å². The van der Waals surface area contributed by atoms with Gasteiger partial charge in [0.15, 0.2) is 0 Å². The van der Waals surface area contributed by atoms with Gasteiger partial charge in [-0.05, 0) is 56.7 Å². The second kappa shape index (κ2) is 9.10. The highest BCUT2D eigenvalue weighted by atomic mass is 32.1. The maximum absolute atomic E-state index is 12.7. The molecule has 158 valence electrons. The number of amides is 1. The number of ether oxygens (including phenoxy) is 1. The Kier molecular flexibility index (Phi) is 6.29. The molecule has 0 unspecified atom stereocenters. The standard InChI is InChI=1S/C23H28N4O2S/c1-14(2)29-12-11-24-22(28)20-15(3)19-21(25-13-26-23(19)30-20)27-18-10-6-8-16-7-4-5-9-17(16)18/h4-5,7,9,13-14,18H,6,8,10-12H2,1-3H3,(H,24,28)(H,25,26,27)/t18-/m1/s1. The average Bonchev–Trinajstić information content (AvgIpc) is 3.09. The van der Waals surface area contributed by atoms with Crippen molar-refractivity contribution in [1.29, 1.82) is 0 Å². The molecule has 0 spiro atoms. The molecule has 3 aromatic rings. The Morgan fingerprint density at radius 1 is 1.30 bits per heavy atom. The van der Waals surface area contributed by atoms with Gasteiger partial charge in [0, 0.05) is 6.54 Å². The molecule has 2 aromatic heterocycles. The normalized spacial score (nSPS) is 15.9. The van der Waals surface area contributed by atoms with Crippen molar-refractivity contribution in [1.82, 2.24) is 15.3 Å². The van der Waals surface area contributed by atoms with E-state index in [1.165, 1.54) is 22.5 Å². The van der Waals surface area contributed by atoms with Crippen molar-refractivity contribution in [3.05, 3.63) is 52.2 Å². The van der Waals surface area contributed by atoms with Crippen LogP contribution in [0, 0.1) is 6.92 Å². The molecule has 4 rings (SSSR count). The average molecular weight is 425 g/mol. The van der Waals surface area contributed by atoms with Crippen molar-refractivity contribution in [3.8, 4) is 0 Å². The number of nitrogens with zero attached hydrogens (tertiary/aromatic N) is 2. The molecular formula is C23H28N4O2S. The summed E-state index contributed by atoms with van der Waals surface area (Å²) in [4.78, 5) is 23.2. The molecule has 30 heavy (non-hydrogen) atoms. The third-order valence-electron chi connectivity index (χ3n) is 5.45. The van der Waals surface area contributed by atoms with Gasteiger partial charge in [0.2, 0.25) is 0 Å². The Morgan fingerprint density at radius 2 is 2.13 bits per heavy atom. The van der Waals surface area contributed by atoms with Crippen molar-refractivity contribution in [2.24, 2.45) is 0 Å². The number of aryl methyl sites for hydroxylation is 2. The number of hydrogen-bond donors (Lipinski definition) is 2. The highest BCUT2D eigenvalue weighted by Gasteiger charge is 2.23. The summed E-state index contributed by atoms with van der Waals surface area (Å²) in [5, 5.41) is 7.53. The summed E-state index contributed by atoms with van der Waals surface area (Å²) in [6, 6.07) is 8.82. The zero-order chi connectivity index (χ0) is 21.1. The van der Waals surface area contributed by atoms with E-state index < -0.39 is 0 Å². The summed E-state index contributed by atoms with van der Waals surface area (Å²) in [6.07, 6.45) is 5.07. The third kappa shape index (κ3) is 4.32. The molecular weight excluding hydrogens is 396 g/mol. The van der Waals surface area contributed by atoms with Gasteiger partial charge in [0.25, 0.3) is 5.91 Å². The number of fused-ring (bicyclic) bond motifs is 2. The molecule has 0 bridgehead atoms. The molecule has 0 radical (unpaired) electrons. The fraction of sp³-hybridized carbons (Fsp3) is 0.435. The number of carbonyl (C=O) groups is 1. The fourth-order valence-electron chi connectivity index (χ4n) is 4.01. The van der Waals surface area contributed by atoms with E-state index in [0.29, 0.717) is 18.0 Å². The van der Waals surface area contributed by atoms with E-state index in [4.69, 9.17) is 4.74 Å². The van der Waals surface area contributed by atoms with Crippen LogP contribution in [0.4, 0.5) is 5.82 Å². The molecule has 1 atom stereocenters. The topological polar surface area (TPSA) is 76.1 Å². The summed E-state index contributed by atoms with van der Waals surface area (Å²) >= 11 is 1.41. The van der Waals surface area contributed by atoms with Gasteiger partial charge in [-0.3, -0.25) is 4.79 Å². The third-order valence-corrected chi connectivity index (χ3v) is 6.65. The highest BCUT2D eigenvalue weighted by molar-refractivity contribution is 7.20. The molecule has 7 heteroatoms. The first-order valence-corrected chi connectivity index (χ1v) is 11.3. The molecule has 1 aromatic carbocycles. The van der Waals surface area contributed by atoms with Crippen molar-refractivity contribution in [2.45, 2.75) is 52.2 Å². The van der Waals surface area contributed by atoms with Gasteiger partial charge < -0.3 is 15.4 Å². The number of rotatable bonds is 7. The number of anilines is 1. The second-order valence-corrected chi connectivity index (χ2v) is 8.92. The van der Waals surface area contributed by atoms with E-state index in [1.807, 2.05) is 20.8 Å². The van der Waals surface area contributed by atoms with Crippen LogP contribution in [0.25, 0.3) is 10.2 Å². The van der Waals surface area contributed by atoms with E-state index in [2.05, 4.69) is 44.9 Å². The predicted molar refractivity (Wildman–Crippen MR) is 121 cm³/mol. The first-order valence-electron chi connectivity index (χ1n) is 10.5. The lowest BCUT2D eigenvalue weighted by molar-refractivity contribution is 0.0748. The monoisotopic (exact) mass is 424 g/mol. The molecule has 0 saturated heterocycles. The second-order valence-electron chi connectivity index (χ2n) is 7.92. The Balaban J connectivity index is 1.57. The van der Waals surface area contributed by atoms with Gasteiger partial charge in [-0.25, -0.2) is 9.97 Å². The summed E-state index contributed by atoms with van der Waals surface area (Å²) < 4.78 is 5.51. The summed E-state index contributed by atoms with van der Waals surface area (Å²) in [6.45, 7) is 6.93. The Morgan fingerprint density at radius 3 is 2.97 bits per heavy atom. The van der Waals surface area contributed by atoms with Crippen molar-refractivity contribution in [3.63, 3.8) is 0 Å². The molecule has 1 aliphatic carbocycles. The lowest BCUT2D eigenvalue weighted by atomic mass is 9.87. The number of carbonyl (C=O) groups excluding carboxylic acids is 1. The Labute approximate surface area is 181 Å². The van der Waals surface area contributed by atoms with Crippen molar-refractivity contribution in [2.75, 3.05) is 18.5 Å². The van der Waals surface area contributed by atoms with E-state index >= 15 is 0 Å². The first-order chi connectivity index (χ1) is 14.5. The lowest BCUT2D eigenvalue weighted by Gasteiger charge is -2.27. The maximum Gasteiger partial charge on any atom is 0.261 e. The van der Waals surface area contributed by atoms with Gasteiger partial charge in [-0.15, -0.1) is 11.3 Å². The minimum absolute atomic E-state index is 0.0863. The summed E-state index contributed by atoms with van der Waals surface area (Å²) in [5.74, 6) is 0.717. The van der Waals surface area contributed by atoms with Crippen LogP contribution in [-0.2, 0) is 11.2 Å². The van der Waals surface area contributed by atoms with Crippen LogP contribution in [0.1, 0.15) is 59.1 Å². The molecule has 6 nitrogen and oxygen atoms in total. The van der Waals surface area contributed by atoms with Crippen LogP contribution >= 0.6 is 11.3 Å². The predicted octanol–water partition coefficient (Wildman–Crippen LogP) is 4.64. The maximum atomic E-state index is 12.7. The zero-order valence-electron chi connectivity index (χ0n) is 17.7. The largest absolute Gasteiger partial charge is 0.377 e.